The van der Waals surface area contributed by atoms with Crippen LogP contribution in [0.3, 0.4) is 0 Å². The summed E-state index contributed by atoms with van der Waals surface area (Å²) in [6.45, 7) is 2.09. The van der Waals surface area contributed by atoms with E-state index in [2.05, 4.69) is 20.6 Å². The number of aliphatic hydroxyl groups excluding tert-OH is 1. The van der Waals surface area contributed by atoms with E-state index in [0.717, 1.165) is 0 Å². The van der Waals surface area contributed by atoms with Crippen LogP contribution in [0.2, 0.25) is 0 Å². The molecule has 0 fully saturated rings. The van der Waals surface area contributed by atoms with Gasteiger partial charge in [0.2, 0.25) is 0 Å². The lowest BCUT2D eigenvalue weighted by molar-refractivity contribution is 0.235. The lowest BCUT2D eigenvalue weighted by atomic mass is 10.1. The predicted octanol–water partition coefficient (Wildman–Crippen LogP) is -0.629. The highest BCUT2D eigenvalue weighted by Crippen LogP contribution is 1.99. The minimum atomic E-state index is 0.161. The monoisotopic (exact) mass is 142 g/mol. The van der Waals surface area contributed by atoms with Crippen LogP contribution in [0.15, 0.2) is 0 Å². The quantitative estimate of drug-likeness (QED) is 0.589. The third-order valence-corrected chi connectivity index (χ3v) is 1.23. The van der Waals surface area contributed by atoms with Crippen LogP contribution in [0.25, 0.3) is 0 Å². The van der Waals surface area contributed by atoms with Crippen LogP contribution >= 0.6 is 0 Å². The number of aliphatic hydroxyl groups is 1. The Bertz CT molecular complexity index is 174. The number of aromatic nitrogens is 4. The smallest absolute Gasteiger partial charge is 0.174 e. The molecule has 0 bridgehead atoms. The van der Waals surface area contributed by atoms with Gasteiger partial charge in [0.25, 0.3) is 0 Å². The molecule has 0 radical (unpaired) electrons. The van der Waals surface area contributed by atoms with E-state index in [0.29, 0.717) is 12.2 Å². The number of aromatic amines is 1. The summed E-state index contributed by atoms with van der Waals surface area (Å²) >= 11 is 0. The number of tetrazole rings is 1. The van der Waals surface area contributed by atoms with Crippen molar-refractivity contribution in [2.45, 2.75) is 13.3 Å². The largest absolute Gasteiger partial charge is 0.396 e. The molecule has 0 aliphatic heterocycles. The van der Waals surface area contributed by atoms with Crippen molar-refractivity contribution in [3.8, 4) is 0 Å². The van der Waals surface area contributed by atoms with Gasteiger partial charge in [-0.05, 0) is 5.92 Å². The van der Waals surface area contributed by atoms with Crippen LogP contribution in [0, 0.1) is 5.92 Å². The topological polar surface area (TPSA) is 74.7 Å². The molecular formula is C5H10N4O. The molecule has 1 aromatic rings. The minimum absolute atomic E-state index is 0.161. The second kappa shape index (κ2) is 3.26. The van der Waals surface area contributed by atoms with E-state index in [4.69, 9.17) is 5.11 Å². The lowest BCUT2D eigenvalue weighted by Crippen LogP contribution is -2.05. The van der Waals surface area contributed by atoms with Crippen LogP contribution in [-0.4, -0.2) is 32.3 Å². The third-order valence-electron chi connectivity index (χ3n) is 1.23. The Labute approximate surface area is 58.5 Å². The van der Waals surface area contributed by atoms with Crippen LogP contribution in [0.1, 0.15) is 12.7 Å². The Morgan fingerprint density at radius 2 is 2.50 bits per heavy atom. The van der Waals surface area contributed by atoms with Gasteiger partial charge in [0.1, 0.15) is 0 Å². The summed E-state index contributed by atoms with van der Waals surface area (Å²) in [5, 5.41) is 21.9. The highest BCUT2D eigenvalue weighted by atomic mass is 16.3. The van der Waals surface area contributed by atoms with Gasteiger partial charge in [0.15, 0.2) is 5.82 Å². The van der Waals surface area contributed by atoms with E-state index >= 15 is 0 Å². The van der Waals surface area contributed by atoms with Crippen molar-refractivity contribution >= 4 is 0 Å². The van der Waals surface area contributed by atoms with Gasteiger partial charge in [-0.25, -0.2) is 0 Å². The average Bonchev–Trinajstić information content (AvgIpc) is 2.40. The number of nitrogens with zero attached hydrogens (tertiary/aromatic N) is 3. The molecule has 1 atom stereocenters. The first-order chi connectivity index (χ1) is 4.83. The molecule has 1 rings (SSSR count). The fourth-order valence-electron chi connectivity index (χ4n) is 0.645. The Morgan fingerprint density at radius 1 is 1.70 bits per heavy atom. The van der Waals surface area contributed by atoms with E-state index in [1.807, 2.05) is 6.92 Å². The highest BCUT2D eigenvalue weighted by molar-refractivity contribution is 4.77. The molecule has 0 aliphatic rings. The zero-order valence-corrected chi connectivity index (χ0v) is 5.78. The van der Waals surface area contributed by atoms with Gasteiger partial charge in [-0.1, -0.05) is 12.1 Å². The lowest BCUT2D eigenvalue weighted by Gasteiger charge is -2.00. The van der Waals surface area contributed by atoms with Crippen molar-refractivity contribution in [2.75, 3.05) is 6.61 Å². The summed E-state index contributed by atoms with van der Waals surface area (Å²) in [7, 11) is 0. The van der Waals surface area contributed by atoms with Gasteiger partial charge in [0, 0.05) is 13.0 Å². The molecule has 0 saturated carbocycles. The molecule has 5 heteroatoms. The molecule has 5 nitrogen and oxygen atoms in total. The summed E-state index contributed by atoms with van der Waals surface area (Å²) < 4.78 is 0. The summed E-state index contributed by atoms with van der Waals surface area (Å²) in [5.41, 5.74) is 0. The second-order valence-electron chi connectivity index (χ2n) is 2.32. The average molecular weight is 142 g/mol. The molecule has 0 saturated heterocycles. The summed E-state index contributed by atoms with van der Waals surface area (Å²) in [6.07, 6.45) is 0.674. The SMILES string of the molecule is CC(CO)Cc1nn[nH]n1. The normalized spacial score (nSPS) is 13.4. The molecule has 0 spiro atoms. The first-order valence-electron chi connectivity index (χ1n) is 3.16. The molecule has 56 valence electrons. The molecule has 0 amide bonds. The maximum absolute atomic E-state index is 8.65. The second-order valence-corrected chi connectivity index (χ2v) is 2.32. The van der Waals surface area contributed by atoms with Crippen molar-refractivity contribution in [3.63, 3.8) is 0 Å². The maximum Gasteiger partial charge on any atom is 0.174 e. The van der Waals surface area contributed by atoms with Gasteiger partial charge in [-0.15, -0.1) is 10.2 Å². The van der Waals surface area contributed by atoms with E-state index < -0.39 is 0 Å². The molecule has 0 aliphatic carbocycles. The van der Waals surface area contributed by atoms with Crippen LogP contribution in [-0.2, 0) is 6.42 Å². The van der Waals surface area contributed by atoms with Gasteiger partial charge < -0.3 is 5.11 Å². The van der Waals surface area contributed by atoms with Crippen LogP contribution < -0.4 is 0 Å². The first-order valence-corrected chi connectivity index (χ1v) is 3.16. The number of nitrogens with one attached hydrogen (secondary N) is 1. The van der Waals surface area contributed by atoms with E-state index in [-0.39, 0.29) is 12.5 Å². The Hall–Kier alpha value is -0.970. The van der Waals surface area contributed by atoms with Crippen molar-refractivity contribution in [3.05, 3.63) is 5.82 Å². The Kier molecular flexibility index (Phi) is 2.33. The van der Waals surface area contributed by atoms with Crippen molar-refractivity contribution in [1.82, 2.24) is 20.6 Å². The molecular weight excluding hydrogens is 132 g/mol. The van der Waals surface area contributed by atoms with Crippen molar-refractivity contribution in [1.29, 1.82) is 0 Å². The number of rotatable bonds is 3. The molecule has 1 aromatic heterocycles. The zero-order valence-electron chi connectivity index (χ0n) is 5.78. The summed E-state index contributed by atoms with van der Waals surface area (Å²) in [4.78, 5) is 0. The molecule has 0 aromatic carbocycles. The summed E-state index contributed by atoms with van der Waals surface area (Å²) in [5.74, 6) is 0.860. The van der Waals surface area contributed by atoms with E-state index in [1.54, 1.807) is 0 Å². The predicted molar refractivity (Wildman–Crippen MR) is 34.1 cm³/mol. The van der Waals surface area contributed by atoms with Gasteiger partial charge in [0.05, 0.1) is 0 Å². The molecule has 1 unspecified atom stereocenters. The number of hydrogen-bond donors (Lipinski definition) is 2. The minimum Gasteiger partial charge on any atom is -0.396 e. The number of H-pyrrole nitrogens is 1. The molecule has 1 heterocycles. The third kappa shape index (κ3) is 1.77. The maximum atomic E-state index is 8.65. The zero-order chi connectivity index (χ0) is 7.40. The number of hydrogen-bond acceptors (Lipinski definition) is 4. The van der Waals surface area contributed by atoms with Gasteiger partial charge in [-0.2, -0.15) is 5.21 Å². The standard InChI is InChI=1S/C5H10N4O/c1-4(3-10)2-5-6-8-9-7-5/h4,10H,2-3H2,1H3,(H,6,7,8,9). The Morgan fingerprint density at radius 3 is 3.00 bits per heavy atom. The van der Waals surface area contributed by atoms with E-state index in [9.17, 15) is 0 Å². The molecule has 10 heavy (non-hydrogen) atoms. The fraction of sp³-hybridized carbons (Fsp3) is 0.800. The van der Waals surface area contributed by atoms with Crippen molar-refractivity contribution < 1.29 is 5.11 Å². The van der Waals surface area contributed by atoms with Crippen LogP contribution in [0.4, 0.5) is 0 Å². The van der Waals surface area contributed by atoms with Crippen LogP contribution in [0.5, 0.6) is 0 Å². The van der Waals surface area contributed by atoms with E-state index in [1.165, 1.54) is 0 Å². The first kappa shape index (κ1) is 7.14. The summed E-state index contributed by atoms with van der Waals surface area (Å²) in [6, 6.07) is 0. The highest BCUT2D eigenvalue weighted by Gasteiger charge is 2.04. The van der Waals surface area contributed by atoms with Gasteiger partial charge in [-0.3, -0.25) is 0 Å². The van der Waals surface area contributed by atoms with Gasteiger partial charge >= 0.3 is 0 Å². The Balaban J connectivity index is 2.40. The molecule has 2 N–H and O–H groups in total. The fourth-order valence-corrected chi connectivity index (χ4v) is 0.645. The van der Waals surface area contributed by atoms with Crippen molar-refractivity contribution in [2.24, 2.45) is 5.92 Å².